The molecule has 7 heteroatoms. The van der Waals surface area contributed by atoms with Crippen LogP contribution in [0.4, 0.5) is 0 Å². The first kappa shape index (κ1) is 10.8. The van der Waals surface area contributed by atoms with Crippen molar-refractivity contribution < 1.29 is 18.3 Å². The Balaban J connectivity index is 2.72. The zero-order chi connectivity index (χ0) is 11.9. The number of nitrogens with one attached hydrogen (secondary N) is 1. The van der Waals surface area contributed by atoms with Crippen molar-refractivity contribution in [3.63, 3.8) is 0 Å². The SMILES string of the molecule is COc1cc2cc(S(N)(=O)=O)[nH]c2cc1O. The number of phenolic OH excluding ortho intramolecular Hbond substituents is 1. The molecule has 0 atom stereocenters. The highest BCUT2D eigenvalue weighted by molar-refractivity contribution is 7.89. The number of methoxy groups -OCH3 is 1. The lowest BCUT2D eigenvalue weighted by atomic mass is 10.2. The van der Waals surface area contributed by atoms with Gasteiger partial charge in [0.15, 0.2) is 11.5 Å². The van der Waals surface area contributed by atoms with Crippen molar-refractivity contribution in [2.75, 3.05) is 7.11 Å². The molecule has 0 amide bonds. The molecule has 1 heterocycles. The number of primary sulfonamides is 1. The summed E-state index contributed by atoms with van der Waals surface area (Å²) < 4.78 is 27.1. The summed E-state index contributed by atoms with van der Waals surface area (Å²) in [6, 6.07) is 4.28. The standard InChI is InChI=1S/C9H10N2O4S/c1-15-8-2-5-3-9(16(10,13)14)11-6(5)4-7(8)12/h2-4,11-12H,1H3,(H2,10,13,14). The van der Waals surface area contributed by atoms with E-state index in [0.29, 0.717) is 10.9 Å². The van der Waals surface area contributed by atoms with Crippen LogP contribution < -0.4 is 9.88 Å². The number of H-pyrrole nitrogens is 1. The van der Waals surface area contributed by atoms with E-state index in [1.807, 2.05) is 0 Å². The van der Waals surface area contributed by atoms with Crippen molar-refractivity contribution in [2.24, 2.45) is 5.14 Å². The molecule has 2 rings (SSSR count). The van der Waals surface area contributed by atoms with Gasteiger partial charge < -0.3 is 14.8 Å². The normalized spacial score (nSPS) is 11.9. The fourth-order valence-corrected chi connectivity index (χ4v) is 1.98. The fraction of sp³-hybridized carbons (Fsp3) is 0.111. The van der Waals surface area contributed by atoms with Crippen molar-refractivity contribution in [1.82, 2.24) is 4.98 Å². The van der Waals surface area contributed by atoms with Crippen molar-refractivity contribution in [3.8, 4) is 11.5 Å². The van der Waals surface area contributed by atoms with Crippen LogP contribution >= 0.6 is 0 Å². The van der Waals surface area contributed by atoms with Crippen LogP contribution in [0.1, 0.15) is 0 Å². The smallest absolute Gasteiger partial charge is 0.253 e. The monoisotopic (exact) mass is 242 g/mol. The summed E-state index contributed by atoms with van der Waals surface area (Å²) in [5, 5.41) is 15.0. The van der Waals surface area contributed by atoms with E-state index in [1.165, 1.54) is 25.3 Å². The number of sulfonamides is 1. The molecule has 0 fully saturated rings. The quantitative estimate of drug-likeness (QED) is 0.714. The highest BCUT2D eigenvalue weighted by atomic mass is 32.2. The summed E-state index contributed by atoms with van der Waals surface area (Å²) >= 11 is 0. The predicted octanol–water partition coefficient (Wildman–Crippen LogP) is 0.530. The molecule has 4 N–H and O–H groups in total. The van der Waals surface area contributed by atoms with Crippen LogP contribution in [0.2, 0.25) is 0 Å². The highest BCUT2D eigenvalue weighted by Crippen LogP contribution is 2.31. The molecule has 86 valence electrons. The minimum atomic E-state index is -3.78. The zero-order valence-electron chi connectivity index (χ0n) is 8.39. The third kappa shape index (κ3) is 1.70. The lowest BCUT2D eigenvalue weighted by Gasteiger charge is -2.01. The lowest BCUT2D eigenvalue weighted by molar-refractivity contribution is 0.374. The van der Waals surface area contributed by atoms with Gasteiger partial charge in [0.25, 0.3) is 10.0 Å². The predicted molar refractivity (Wildman–Crippen MR) is 57.9 cm³/mol. The van der Waals surface area contributed by atoms with E-state index in [0.717, 1.165) is 0 Å². The molecule has 0 radical (unpaired) electrons. The van der Waals surface area contributed by atoms with Gasteiger partial charge in [0.2, 0.25) is 0 Å². The van der Waals surface area contributed by atoms with E-state index in [-0.39, 0.29) is 16.5 Å². The third-order valence-electron chi connectivity index (χ3n) is 2.20. The van der Waals surface area contributed by atoms with Gasteiger partial charge in [-0.3, -0.25) is 0 Å². The van der Waals surface area contributed by atoms with E-state index in [4.69, 9.17) is 9.88 Å². The van der Waals surface area contributed by atoms with Crippen LogP contribution in [-0.4, -0.2) is 25.6 Å². The summed E-state index contributed by atoms with van der Waals surface area (Å²) in [7, 11) is -2.36. The molecule has 0 aliphatic heterocycles. The number of aromatic hydroxyl groups is 1. The number of aromatic nitrogens is 1. The maximum Gasteiger partial charge on any atom is 0.253 e. The zero-order valence-corrected chi connectivity index (χ0v) is 9.21. The Labute approximate surface area is 91.7 Å². The molecule has 1 aromatic heterocycles. The molecule has 6 nitrogen and oxygen atoms in total. The Bertz CT molecular complexity index is 645. The number of rotatable bonds is 2. The molecular formula is C9H10N2O4S. The molecule has 0 bridgehead atoms. The Hall–Kier alpha value is -1.73. The molecule has 0 saturated carbocycles. The first-order valence-corrected chi connectivity index (χ1v) is 5.89. The van der Waals surface area contributed by atoms with Gasteiger partial charge in [0.05, 0.1) is 12.6 Å². The van der Waals surface area contributed by atoms with Crippen LogP contribution in [0, 0.1) is 0 Å². The largest absolute Gasteiger partial charge is 0.504 e. The van der Waals surface area contributed by atoms with Crippen LogP contribution in [0.5, 0.6) is 11.5 Å². The summed E-state index contributed by atoms with van der Waals surface area (Å²) in [5.74, 6) is 0.199. The van der Waals surface area contributed by atoms with E-state index in [1.54, 1.807) is 0 Å². The number of hydrogen-bond acceptors (Lipinski definition) is 4. The molecule has 2 aromatic rings. The lowest BCUT2D eigenvalue weighted by Crippen LogP contribution is -2.12. The maximum atomic E-state index is 11.1. The summed E-state index contributed by atoms with van der Waals surface area (Å²) in [6.45, 7) is 0. The van der Waals surface area contributed by atoms with E-state index in [9.17, 15) is 13.5 Å². The first-order chi connectivity index (χ1) is 7.41. The average molecular weight is 242 g/mol. The minimum absolute atomic E-state index is 0.0715. The summed E-state index contributed by atoms with van der Waals surface area (Å²) in [5.41, 5.74) is 0.474. The van der Waals surface area contributed by atoms with E-state index >= 15 is 0 Å². The van der Waals surface area contributed by atoms with Gasteiger partial charge in [-0.25, -0.2) is 13.6 Å². The second kappa shape index (κ2) is 3.39. The van der Waals surface area contributed by atoms with Gasteiger partial charge in [-0.1, -0.05) is 0 Å². The van der Waals surface area contributed by atoms with Crippen molar-refractivity contribution in [3.05, 3.63) is 18.2 Å². The van der Waals surface area contributed by atoms with Gasteiger partial charge in [0.1, 0.15) is 5.03 Å². The second-order valence-electron chi connectivity index (χ2n) is 3.29. The van der Waals surface area contributed by atoms with E-state index < -0.39 is 10.0 Å². The number of hydrogen-bond donors (Lipinski definition) is 3. The van der Waals surface area contributed by atoms with Gasteiger partial charge in [-0.05, 0) is 12.1 Å². The molecule has 0 unspecified atom stereocenters. The second-order valence-corrected chi connectivity index (χ2v) is 4.82. The average Bonchev–Trinajstić information content (AvgIpc) is 2.58. The molecule has 0 aliphatic rings. The Kier molecular flexibility index (Phi) is 2.28. The molecule has 0 aliphatic carbocycles. The van der Waals surface area contributed by atoms with Crippen LogP contribution in [0.15, 0.2) is 23.2 Å². The highest BCUT2D eigenvalue weighted by Gasteiger charge is 2.13. The molecular weight excluding hydrogens is 232 g/mol. The molecule has 1 aromatic carbocycles. The molecule has 0 saturated heterocycles. The number of phenols is 1. The number of nitrogens with two attached hydrogens (primary N) is 1. The van der Waals surface area contributed by atoms with Crippen LogP contribution in [0.25, 0.3) is 10.9 Å². The van der Waals surface area contributed by atoms with Gasteiger partial charge in [-0.15, -0.1) is 0 Å². The summed E-state index contributed by atoms with van der Waals surface area (Å²) in [6.07, 6.45) is 0. The third-order valence-corrected chi connectivity index (χ3v) is 3.03. The summed E-state index contributed by atoms with van der Waals surface area (Å²) in [4.78, 5) is 2.60. The van der Waals surface area contributed by atoms with Gasteiger partial charge in [0, 0.05) is 11.5 Å². The fourth-order valence-electron chi connectivity index (χ4n) is 1.44. The van der Waals surface area contributed by atoms with E-state index in [2.05, 4.69) is 4.98 Å². The topological polar surface area (TPSA) is 105 Å². The van der Waals surface area contributed by atoms with Crippen molar-refractivity contribution >= 4 is 20.9 Å². The molecule has 0 spiro atoms. The first-order valence-electron chi connectivity index (χ1n) is 4.34. The Morgan fingerprint density at radius 1 is 1.38 bits per heavy atom. The van der Waals surface area contributed by atoms with Gasteiger partial charge >= 0.3 is 0 Å². The Morgan fingerprint density at radius 3 is 2.62 bits per heavy atom. The van der Waals surface area contributed by atoms with Crippen molar-refractivity contribution in [1.29, 1.82) is 0 Å². The number of benzene rings is 1. The van der Waals surface area contributed by atoms with Crippen LogP contribution in [-0.2, 0) is 10.0 Å². The number of ether oxygens (including phenoxy) is 1. The van der Waals surface area contributed by atoms with Crippen molar-refractivity contribution in [2.45, 2.75) is 5.03 Å². The Morgan fingerprint density at radius 2 is 2.06 bits per heavy atom. The maximum absolute atomic E-state index is 11.1. The molecule has 16 heavy (non-hydrogen) atoms. The number of fused-ring (bicyclic) bond motifs is 1. The number of aromatic amines is 1. The van der Waals surface area contributed by atoms with Crippen LogP contribution in [0.3, 0.4) is 0 Å². The van der Waals surface area contributed by atoms with Gasteiger partial charge in [-0.2, -0.15) is 0 Å². The minimum Gasteiger partial charge on any atom is -0.504 e.